The number of fused-ring (bicyclic) bond motifs is 1. The van der Waals surface area contributed by atoms with Gasteiger partial charge in [-0.1, -0.05) is 6.92 Å². The third-order valence-electron chi connectivity index (χ3n) is 3.63. The molecule has 2 aliphatic rings. The van der Waals surface area contributed by atoms with Gasteiger partial charge in [0.1, 0.15) is 5.82 Å². The van der Waals surface area contributed by atoms with Gasteiger partial charge in [0, 0.05) is 32.6 Å². The van der Waals surface area contributed by atoms with Crippen LogP contribution in [0.3, 0.4) is 0 Å². The average Bonchev–Trinajstić information content (AvgIpc) is 2.86. The fraction of sp³-hybridized carbons (Fsp3) is 0.833. The highest BCUT2D eigenvalue weighted by atomic mass is 16.5. The first kappa shape index (κ1) is 10.3. The van der Waals surface area contributed by atoms with Gasteiger partial charge in [-0.05, 0) is 24.7 Å². The van der Waals surface area contributed by atoms with Crippen LogP contribution < -0.4 is 0 Å². The Kier molecular flexibility index (Phi) is 2.67. The lowest BCUT2D eigenvalue weighted by atomic mass is 10.0. The molecular formula is C12H19N3O. The Morgan fingerprint density at radius 1 is 1.44 bits per heavy atom. The Balaban J connectivity index is 1.71. The third kappa shape index (κ3) is 1.98. The molecule has 2 atom stereocenters. The Hall–Kier alpha value is -0.900. The first-order chi connectivity index (χ1) is 7.81. The van der Waals surface area contributed by atoms with E-state index in [9.17, 15) is 0 Å². The summed E-state index contributed by atoms with van der Waals surface area (Å²) in [7, 11) is 0. The van der Waals surface area contributed by atoms with Gasteiger partial charge >= 0.3 is 0 Å². The minimum absolute atomic E-state index is 0.641. The summed E-state index contributed by atoms with van der Waals surface area (Å²) in [6.45, 7) is 5.13. The summed E-state index contributed by atoms with van der Waals surface area (Å²) in [6, 6.07) is 0. The van der Waals surface area contributed by atoms with E-state index in [1.54, 1.807) is 0 Å². The van der Waals surface area contributed by atoms with Crippen LogP contribution in [-0.2, 0) is 24.1 Å². The molecule has 4 heteroatoms. The lowest BCUT2D eigenvalue weighted by Gasteiger charge is -2.17. The highest BCUT2D eigenvalue weighted by molar-refractivity contribution is 4.98. The number of hydrogen-bond acceptors (Lipinski definition) is 3. The van der Waals surface area contributed by atoms with E-state index in [4.69, 9.17) is 4.74 Å². The zero-order chi connectivity index (χ0) is 11.0. The lowest BCUT2D eigenvalue weighted by molar-refractivity contribution is 0.185. The van der Waals surface area contributed by atoms with E-state index in [1.165, 1.54) is 18.7 Å². The van der Waals surface area contributed by atoms with Gasteiger partial charge in [0.15, 0.2) is 5.82 Å². The van der Waals surface area contributed by atoms with Crippen molar-refractivity contribution in [1.82, 2.24) is 14.8 Å². The molecule has 2 aliphatic heterocycles. The van der Waals surface area contributed by atoms with Crippen molar-refractivity contribution in [3.05, 3.63) is 11.6 Å². The monoisotopic (exact) mass is 221 g/mol. The number of aryl methyl sites for hydroxylation is 1. The van der Waals surface area contributed by atoms with Crippen LogP contribution >= 0.6 is 0 Å². The maximum Gasteiger partial charge on any atom is 0.151 e. The SMILES string of the molecule is CC1CCc2nc(CC3CCOC3)nn2C1. The predicted octanol–water partition coefficient (Wildman–Crippen LogP) is 1.44. The fourth-order valence-electron chi connectivity index (χ4n) is 2.61. The highest BCUT2D eigenvalue weighted by Crippen LogP contribution is 2.20. The first-order valence-corrected chi connectivity index (χ1v) is 6.31. The molecule has 88 valence electrons. The minimum atomic E-state index is 0.641. The molecule has 2 unspecified atom stereocenters. The van der Waals surface area contributed by atoms with Crippen molar-refractivity contribution < 1.29 is 4.74 Å². The summed E-state index contributed by atoms with van der Waals surface area (Å²) < 4.78 is 7.50. The van der Waals surface area contributed by atoms with Crippen molar-refractivity contribution in [2.24, 2.45) is 11.8 Å². The maximum absolute atomic E-state index is 5.39. The third-order valence-corrected chi connectivity index (χ3v) is 3.63. The van der Waals surface area contributed by atoms with Crippen LogP contribution in [0.25, 0.3) is 0 Å². The summed E-state index contributed by atoms with van der Waals surface area (Å²) in [5, 5.41) is 4.61. The summed E-state index contributed by atoms with van der Waals surface area (Å²) in [4.78, 5) is 4.65. The van der Waals surface area contributed by atoms with E-state index < -0.39 is 0 Å². The molecular weight excluding hydrogens is 202 g/mol. The molecule has 0 N–H and O–H groups in total. The molecule has 0 spiro atoms. The average molecular weight is 221 g/mol. The van der Waals surface area contributed by atoms with Crippen LogP contribution in [0.4, 0.5) is 0 Å². The molecule has 1 saturated heterocycles. The van der Waals surface area contributed by atoms with Gasteiger partial charge in [0.05, 0.1) is 0 Å². The van der Waals surface area contributed by atoms with Gasteiger partial charge in [-0.15, -0.1) is 0 Å². The molecule has 1 aromatic rings. The molecule has 3 rings (SSSR count). The van der Waals surface area contributed by atoms with Crippen LogP contribution in [0.1, 0.15) is 31.4 Å². The van der Waals surface area contributed by atoms with E-state index >= 15 is 0 Å². The molecule has 0 bridgehead atoms. The van der Waals surface area contributed by atoms with Crippen LogP contribution in [-0.4, -0.2) is 28.0 Å². The number of hydrogen-bond donors (Lipinski definition) is 0. The van der Waals surface area contributed by atoms with Gasteiger partial charge in [-0.2, -0.15) is 5.10 Å². The van der Waals surface area contributed by atoms with E-state index in [0.29, 0.717) is 5.92 Å². The van der Waals surface area contributed by atoms with Crippen molar-refractivity contribution >= 4 is 0 Å². The quantitative estimate of drug-likeness (QED) is 0.758. The van der Waals surface area contributed by atoms with Gasteiger partial charge in [0.25, 0.3) is 0 Å². The van der Waals surface area contributed by atoms with Crippen LogP contribution in [0, 0.1) is 11.8 Å². The predicted molar refractivity (Wildman–Crippen MR) is 60.1 cm³/mol. The van der Waals surface area contributed by atoms with E-state index in [2.05, 4.69) is 21.7 Å². The molecule has 1 fully saturated rings. The second-order valence-corrected chi connectivity index (χ2v) is 5.20. The summed E-state index contributed by atoms with van der Waals surface area (Å²) in [5.74, 6) is 3.60. The van der Waals surface area contributed by atoms with Crippen LogP contribution in [0.5, 0.6) is 0 Å². The van der Waals surface area contributed by atoms with E-state index in [-0.39, 0.29) is 0 Å². The summed E-state index contributed by atoms with van der Waals surface area (Å²) in [5.41, 5.74) is 0. The Labute approximate surface area is 96.0 Å². The summed E-state index contributed by atoms with van der Waals surface area (Å²) >= 11 is 0. The highest BCUT2D eigenvalue weighted by Gasteiger charge is 2.22. The normalized spacial score (nSPS) is 29.3. The van der Waals surface area contributed by atoms with Crippen molar-refractivity contribution in [2.75, 3.05) is 13.2 Å². The van der Waals surface area contributed by atoms with E-state index in [0.717, 1.165) is 44.3 Å². The van der Waals surface area contributed by atoms with Crippen molar-refractivity contribution in [1.29, 1.82) is 0 Å². The molecule has 0 radical (unpaired) electrons. The summed E-state index contributed by atoms with van der Waals surface area (Å²) in [6.07, 6.45) is 4.51. The number of nitrogens with zero attached hydrogens (tertiary/aromatic N) is 3. The first-order valence-electron chi connectivity index (χ1n) is 6.31. The number of rotatable bonds is 2. The molecule has 0 aromatic carbocycles. The Morgan fingerprint density at radius 2 is 2.38 bits per heavy atom. The zero-order valence-corrected chi connectivity index (χ0v) is 9.85. The molecule has 0 amide bonds. The van der Waals surface area contributed by atoms with Crippen LogP contribution in [0.2, 0.25) is 0 Å². The van der Waals surface area contributed by atoms with Gasteiger partial charge in [0.2, 0.25) is 0 Å². The topological polar surface area (TPSA) is 39.9 Å². The molecule has 0 saturated carbocycles. The Bertz CT molecular complexity index is 368. The van der Waals surface area contributed by atoms with Crippen LogP contribution in [0.15, 0.2) is 0 Å². The molecule has 4 nitrogen and oxygen atoms in total. The maximum atomic E-state index is 5.39. The van der Waals surface area contributed by atoms with E-state index in [1.807, 2.05) is 0 Å². The van der Waals surface area contributed by atoms with Crippen molar-refractivity contribution in [2.45, 2.75) is 39.2 Å². The second kappa shape index (κ2) is 4.17. The Morgan fingerprint density at radius 3 is 3.19 bits per heavy atom. The molecule has 3 heterocycles. The van der Waals surface area contributed by atoms with Crippen molar-refractivity contribution in [3.63, 3.8) is 0 Å². The smallest absolute Gasteiger partial charge is 0.151 e. The second-order valence-electron chi connectivity index (χ2n) is 5.20. The lowest BCUT2D eigenvalue weighted by Crippen LogP contribution is -2.18. The molecule has 16 heavy (non-hydrogen) atoms. The minimum Gasteiger partial charge on any atom is -0.381 e. The standard InChI is InChI=1S/C12H19N3O/c1-9-2-3-12-13-11(14-15(12)7-9)6-10-4-5-16-8-10/h9-10H,2-8H2,1H3. The molecule has 0 aliphatic carbocycles. The van der Waals surface area contributed by atoms with Gasteiger partial charge < -0.3 is 4.74 Å². The van der Waals surface area contributed by atoms with Gasteiger partial charge in [-0.25, -0.2) is 9.67 Å². The number of ether oxygens (including phenoxy) is 1. The zero-order valence-electron chi connectivity index (χ0n) is 9.85. The fourth-order valence-corrected chi connectivity index (χ4v) is 2.61. The molecule has 1 aromatic heterocycles. The largest absolute Gasteiger partial charge is 0.381 e. The van der Waals surface area contributed by atoms with Crippen molar-refractivity contribution in [3.8, 4) is 0 Å². The van der Waals surface area contributed by atoms with Gasteiger partial charge in [-0.3, -0.25) is 0 Å². The number of aromatic nitrogens is 3.